The van der Waals surface area contributed by atoms with Crippen molar-refractivity contribution in [3.05, 3.63) is 54.4 Å². The lowest BCUT2D eigenvalue weighted by atomic mass is 9.85. The van der Waals surface area contributed by atoms with Crippen LogP contribution in [0.25, 0.3) is 22.2 Å². The van der Waals surface area contributed by atoms with Gasteiger partial charge in [-0.15, -0.1) is 5.10 Å². The zero-order chi connectivity index (χ0) is 23.6. The molecule has 0 radical (unpaired) electrons. The molecule has 4 aromatic rings. The third-order valence-corrected chi connectivity index (χ3v) is 7.57. The fourth-order valence-corrected chi connectivity index (χ4v) is 5.26. The van der Waals surface area contributed by atoms with Crippen molar-refractivity contribution in [2.45, 2.75) is 44.7 Å². The molecule has 2 aromatic carbocycles. The van der Waals surface area contributed by atoms with Crippen LogP contribution >= 0.6 is 0 Å². The quantitative estimate of drug-likeness (QED) is 0.400. The molecule has 2 N–H and O–H groups in total. The van der Waals surface area contributed by atoms with Gasteiger partial charge >= 0.3 is 0 Å². The van der Waals surface area contributed by atoms with Crippen molar-refractivity contribution in [2.75, 3.05) is 31.6 Å². The van der Waals surface area contributed by atoms with Crippen molar-refractivity contribution in [3.63, 3.8) is 0 Å². The molecule has 2 fully saturated rings. The molecule has 8 nitrogen and oxygen atoms in total. The predicted molar refractivity (Wildman–Crippen MR) is 138 cm³/mol. The van der Waals surface area contributed by atoms with Gasteiger partial charge < -0.3 is 15.0 Å². The minimum Gasteiger partial charge on any atom is -0.497 e. The number of aromatic amines is 1. The first-order valence-corrected chi connectivity index (χ1v) is 12.7. The van der Waals surface area contributed by atoms with Gasteiger partial charge in [0.1, 0.15) is 11.4 Å². The van der Waals surface area contributed by atoms with Crippen molar-refractivity contribution in [3.8, 4) is 17.0 Å². The van der Waals surface area contributed by atoms with Gasteiger partial charge in [0.05, 0.1) is 31.6 Å². The summed E-state index contributed by atoms with van der Waals surface area (Å²) in [5.74, 6) is 1.68. The van der Waals surface area contributed by atoms with Crippen LogP contribution in [0.5, 0.6) is 5.75 Å². The minimum absolute atomic E-state index is 0.607. The molecular weight excluding hydrogens is 438 g/mol. The zero-order valence-corrected chi connectivity index (χ0v) is 20.3. The molecule has 182 valence electrons. The van der Waals surface area contributed by atoms with Crippen molar-refractivity contribution < 1.29 is 4.74 Å². The molecular formula is C27H33N7O. The number of hydrogen-bond donors (Lipinski definition) is 2. The van der Waals surface area contributed by atoms with Crippen molar-refractivity contribution in [2.24, 2.45) is 5.92 Å². The van der Waals surface area contributed by atoms with Gasteiger partial charge in [-0.2, -0.15) is 5.10 Å². The van der Waals surface area contributed by atoms with E-state index in [-0.39, 0.29) is 0 Å². The molecule has 1 saturated heterocycles. The summed E-state index contributed by atoms with van der Waals surface area (Å²) >= 11 is 0. The monoisotopic (exact) mass is 471 g/mol. The van der Waals surface area contributed by atoms with E-state index in [2.05, 4.69) is 55.0 Å². The topological polar surface area (TPSA) is 83.9 Å². The van der Waals surface area contributed by atoms with Crippen LogP contribution in [0.3, 0.4) is 0 Å². The molecule has 6 rings (SSSR count). The number of ether oxygens (including phenoxy) is 1. The molecule has 3 heterocycles. The highest BCUT2D eigenvalue weighted by molar-refractivity contribution is 5.94. The van der Waals surface area contributed by atoms with Crippen LogP contribution in [-0.2, 0) is 6.54 Å². The SMILES string of the molecule is COc1cc(-c2cn(Cc3ccc(N4CCCC(NCC5CCC5)C4)cc3)nn2)c2cn[nH]c2c1. The molecule has 8 heteroatoms. The summed E-state index contributed by atoms with van der Waals surface area (Å²) in [6, 6.07) is 13.4. The maximum Gasteiger partial charge on any atom is 0.121 e. The van der Waals surface area contributed by atoms with Gasteiger partial charge in [-0.05, 0) is 61.9 Å². The van der Waals surface area contributed by atoms with Gasteiger partial charge in [0.25, 0.3) is 0 Å². The maximum absolute atomic E-state index is 5.45. The van der Waals surface area contributed by atoms with Crippen molar-refractivity contribution >= 4 is 16.6 Å². The van der Waals surface area contributed by atoms with E-state index in [4.69, 9.17) is 4.74 Å². The molecule has 0 spiro atoms. The Balaban J connectivity index is 1.11. The standard InChI is InChI=1S/C27H33N7O/c1-35-23-12-24(25-15-29-30-26(25)13-23)27-18-34(32-31-27)16-20-7-9-22(10-8-20)33-11-3-6-21(17-33)28-14-19-4-2-5-19/h7-10,12-13,15,18-19,21,28H,2-6,11,14,16-17H2,1H3,(H,29,30). The molecule has 1 unspecified atom stereocenters. The molecule has 0 bridgehead atoms. The molecule has 2 aliphatic rings. The highest BCUT2D eigenvalue weighted by Crippen LogP contribution is 2.31. The number of aromatic nitrogens is 5. The number of nitrogens with zero attached hydrogens (tertiary/aromatic N) is 5. The average molecular weight is 472 g/mol. The van der Waals surface area contributed by atoms with Crippen molar-refractivity contribution in [1.29, 1.82) is 0 Å². The summed E-state index contributed by atoms with van der Waals surface area (Å²) in [6.07, 6.45) is 10.6. The highest BCUT2D eigenvalue weighted by atomic mass is 16.5. The highest BCUT2D eigenvalue weighted by Gasteiger charge is 2.23. The summed E-state index contributed by atoms with van der Waals surface area (Å²) in [7, 11) is 1.66. The van der Waals surface area contributed by atoms with Crippen LogP contribution in [0.4, 0.5) is 5.69 Å². The number of piperidine rings is 1. The number of hydrogen-bond acceptors (Lipinski definition) is 6. The van der Waals surface area contributed by atoms with E-state index < -0.39 is 0 Å². The second-order valence-corrected chi connectivity index (χ2v) is 9.96. The third-order valence-electron chi connectivity index (χ3n) is 7.57. The van der Waals surface area contributed by atoms with Crippen LogP contribution < -0.4 is 15.0 Å². The Bertz CT molecular complexity index is 1270. The summed E-state index contributed by atoms with van der Waals surface area (Å²) in [5.41, 5.74) is 5.20. The van der Waals surface area contributed by atoms with Gasteiger partial charge in [0.2, 0.25) is 0 Å². The Morgan fingerprint density at radius 2 is 2.00 bits per heavy atom. The van der Waals surface area contributed by atoms with E-state index in [0.29, 0.717) is 12.6 Å². The summed E-state index contributed by atoms with van der Waals surface area (Å²) in [4.78, 5) is 2.53. The van der Waals surface area contributed by atoms with Crippen LogP contribution in [-0.4, -0.2) is 58.0 Å². The fourth-order valence-electron chi connectivity index (χ4n) is 5.26. The number of nitrogens with one attached hydrogen (secondary N) is 2. The van der Waals surface area contributed by atoms with Crippen molar-refractivity contribution in [1.82, 2.24) is 30.5 Å². The first kappa shape index (κ1) is 22.1. The maximum atomic E-state index is 5.45. The van der Waals surface area contributed by atoms with Gasteiger partial charge in [0, 0.05) is 41.8 Å². The Hall–Kier alpha value is -3.39. The molecule has 35 heavy (non-hydrogen) atoms. The van der Waals surface area contributed by atoms with E-state index in [0.717, 1.165) is 46.9 Å². The van der Waals surface area contributed by atoms with E-state index in [1.165, 1.54) is 49.9 Å². The van der Waals surface area contributed by atoms with Gasteiger partial charge in [-0.1, -0.05) is 23.8 Å². The lowest BCUT2D eigenvalue weighted by Gasteiger charge is -2.36. The third kappa shape index (κ3) is 4.75. The Morgan fingerprint density at radius 1 is 1.11 bits per heavy atom. The summed E-state index contributed by atoms with van der Waals surface area (Å²) < 4.78 is 7.33. The van der Waals surface area contributed by atoms with E-state index in [9.17, 15) is 0 Å². The van der Waals surface area contributed by atoms with E-state index in [1.54, 1.807) is 7.11 Å². The second-order valence-electron chi connectivity index (χ2n) is 9.96. The molecule has 1 aliphatic heterocycles. The molecule has 2 aromatic heterocycles. The first-order valence-electron chi connectivity index (χ1n) is 12.7. The average Bonchev–Trinajstić information content (AvgIpc) is 3.53. The molecule has 1 atom stereocenters. The van der Waals surface area contributed by atoms with Gasteiger partial charge in [0.15, 0.2) is 0 Å². The van der Waals surface area contributed by atoms with Crippen LogP contribution in [0, 0.1) is 5.92 Å². The normalized spacial score (nSPS) is 18.7. The van der Waals surface area contributed by atoms with Crippen LogP contribution in [0.1, 0.15) is 37.7 Å². The first-order chi connectivity index (χ1) is 17.2. The van der Waals surface area contributed by atoms with Gasteiger partial charge in [-0.3, -0.25) is 5.10 Å². The predicted octanol–water partition coefficient (Wildman–Crippen LogP) is 4.24. The lowest BCUT2D eigenvalue weighted by molar-refractivity contribution is 0.280. The summed E-state index contributed by atoms with van der Waals surface area (Å²) in [5, 5.41) is 20.8. The molecule has 0 amide bonds. The fraction of sp³-hybridized carbons (Fsp3) is 0.444. The van der Waals surface area contributed by atoms with E-state index >= 15 is 0 Å². The van der Waals surface area contributed by atoms with Crippen LogP contribution in [0.15, 0.2) is 48.8 Å². The molecule has 1 saturated carbocycles. The second kappa shape index (κ2) is 9.70. The zero-order valence-electron chi connectivity index (χ0n) is 20.3. The smallest absolute Gasteiger partial charge is 0.121 e. The van der Waals surface area contributed by atoms with E-state index in [1.807, 2.05) is 29.2 Å². The van der Waals surface area contributed by atoms with Crippen LogP contribution in [0.2, 0.25) is 0 Å². The number of H-pyrrole nitrogens is 1. The number of benzene rings is 2. The lowest BCUT2D eigenvalue weighted by Crippen LogP contribution is -2.47. The van der Waals surface area contributed by atoms with Gasteiger partial charge in [-0.25, -0.2) is 4.68 Å². The minimum atomic E-state index is 0.607. The number of fused-ring (bicyclic) bond motifs is 1. The number of methoxy groups -OCH3 is 1. The number of rotatable bonds is 8. The Kier molecular flexibility index (Phi) is 6.12. The summed E-state index contributed by atoms with van der Waals surface area (Å²) in [6.45, 7) is 4.11. The Morgan fingerprint density at radius 3 is 2.80 bits per heavy atom. The largest absolute Gasteiger partial charge is 0.497 e. The number of anilines is 1. The molecule has 1 aliphatic carbocycles. The Labute approximate surface area is 205 Å².